The minimum atomic E-state index is -3.56. The van der Waals surface area contributed by atoms with E-state index in [1.165, 1.54) is 0 Å². The van der Waals surface area contributed by atoms with Gasteiger partial charge in [-0.05, 0) is 42.3 Å². The summed E-state index contributed by atoms with van der Waals surface area (Å²) in [6.45, 7) is 1.85. The predicted octanol–water partition coefficient (Wildman–Crippen LogP) is 2.39. The monoisotopic (exact) mass is 301 g/mol. The van der Waals surface area contributed by atoms with Crippen LogP contribution >= 0.6 is 0 Å². The molecule has 21 heavy (non-hydrogen) atoms. The molecule has 2 aromatic carbocycles. The first-order valence-corrected chi connectivity index (χ1v) is 7.90. The molecule has 2 rings (SSSR count). The lowest BCUT2D eigenvalue weighted by Crippen LogP contribution is -2.15. The third kappa shape index (κ3) is 3.97. The molecule has 0 spiro atoms. The fourth-order valence-corrected chi connectivity index (χ4v) is 3.05. The second kappa shape index (κ2) is 5.85. The molecule has 3 N–H and O–H groups in total. The van der Waals surface area contributed by atoms with Crippen LogP contribution in [0.2, 0.25) is 0 Å². The number of hydrogen-bond donors (Lipinski definition) is 2. The average molecular weight is 301 g/mol. The fourth-order valence-electron chi connectivity index (χ4n) is 1.87. The molecule has 0 fully saturated rings. The van der Waals surface area contributed by atoms with Crippen LogP contribution in [0.25, 0.3) is 0 Å². The molecule has 0 saturated heterocycles. The summed E-state index contributed by atoms with van der Waals surface area (Å²) in [7, 11) is -3.56. The molecule has 2 aromatic rings. The Balaban J connectivity index is 2.18. The van der Waals surface area contributed by atoms with Gasteiger partial charge < -0.3 is 5.73 Å². The van der Waals surface area contributed by atoms with Gasteiger partial charge in [0.05, 0.1) is 23.1 Å². The maximum atomic E-state index is 12.1. The van der Waals surface area contributed by atoms with E-state index in [1.807, 2.05) is 13.0 Å². The van der Waals surface area contributed by atoms with E-state index >= 15 is 0 Å². The molecule has 0 aliphatic carbocycles. The van der Waals surface area contributed by atoms with Gasteiger partial charge in [0.2, 0.25) is 10.0 Å². The number of rotatable bonds is 4. The molecule has 0 aliphatic heterocycles. The van der Waals surface area contributed by atoms with Gasteiger partial charge in [-0.1, -0.05) is 18.2 Å². The van der Waals surface area contributed by atoms with Gasteiger partial charge in [-0.3, -0.25) is 4.72 Å². The van der Waals surface area contributed by atoms with Gasteiger partial charge in [-0.25, -0.2) is 8.42 Å². The first-order valence-electron chi connectivity index (χ1n) is 6.25. The standard InChI is InChI=1S/C15H15N3O2S/c1-11-5-6-14(8-15(11)17)18-21(19,20)10-13-4-2-3-12(7-13)9-16/h2-8,18H,10,17H2,1H3. The van der Waals surface area contributed by atoms with Crippen LogP contribution in [-0.4, -0.2) is 8.42 Å². The van der Waals surface area contributed by atoms with E-state index in [-0.39, 0.29) is 5.75 Å². The zero-order valence-corrected chi connectivity index (χ0v) is 12.3. The van der Waals surface area contributed by atoms with E-state index < -0.39 is 10.0 Å². The molecular weight excluding hydrogens is 286 g/mol. The smallest absolute Gasteiger partial charge is 0.236 e. The van der Waals surface area contributed by atoms with Crippen LogP contribution in [0.4, 0.5) is 11.4 Å². The summed E-state index contributed by atoms with van der Waals surface area (Å²) in [5.74, 6) is -0.198. The highest BCUT2D eigenvalue weighted by atomic mass is 32.2. The Kier molecular flexibility index (Phi) is 4.15. The Bertz CT molecular complexity index is 808. The summed E-state index contributed by atoms with van der Waals surface area (Å²) in [6.07, 6.45) is 0. The number of nitrogens with one attached hydrogen (secondary N) is 1. The van der Waals surface area contributed by atoms with Crippen molar-refractivity contribution in [2.24, 2.45) is 0 Å². The molecule has 0 heterocycles. The van der Waals surface area contributed by atoms with Crippen molar-refractivity contribution >= 4 is 21.4 Å². The normalized spacial score (nSPS) is 10.9. The van der Waals surface area contributed by atoms with E-state index in [0.717, 1.165) is 5.56 Å². The van der Waals surface area contributed by atoms with Gasteiger partial charge >= 0.3 is 0 Å². The quantitative estimate of drug-likeness (QED) is 0.847. The number of nitrogens with zero attached hydrogens (tertiary/aromatic N) is 1. The SMILES string of the molecule is Cc1ccc(NS(=O)(=O)Cc2cccc(C#N)c2)cc1N. The second-order valence-corrected chi connectivity index (χ2v) is 6.47. The summed E-state index contributed by atoms with van der Waals surface area (Å²) in [6, 6.07) is 13.5. The lowest BCUT2D eigenvalue weighted by Gasteiger charge is -2.10. The maximum absolute atomic E-state index is 12.1. The number of nitrogen functional groups attached to an aromatic ring is 1. The fraction of sp³-hybridized carbons (Fsp3) is 0.133. The Morgan fingerprint density at radius 2 is 2.00 bits per heavy atom. The van der Waals surface area contributed by atoms with E-state index in [2.05, 4.69) is 4.72 Å². The third-order valence-electron chi connectivity index (χ3n) is 2.97. The molecular formula is C15H15N3O2S. The molecule has 0 amide bonds. The van der Waals surface area contributed by atoms with Crippen molar-refractivity contribution in [3.63, 3.8) is 0 Å². The Labute approximate surface area is 124 Å². The number of hydrogen-bond acceptors (Lipinski definition) is 4. The Morgan fingerprint density at radius 1 is 1.24 bits per heavy atom. The van der Waals surface area contributed by atoms with Gasteiger partial charge in [0.25, 0.3) is 0 Å². The number of nitrogens with two attached hydrogens (primary N) is 1. The lowest BCUT2D eigenvalue weighted by molar-refractivity contribution is 0.600. The number of anilines is 2. The molecule has 0 aromatic heterocycles. The molecule has 0 atom stereocenters. The van der Waals surface area contributed by atoms with E-state index in [1.54, 1.807) is 42.5 Å². The van der Waals surface area contributed by atoms with Crippen molar-refractivity contribution in [3.8, 4) is 6.07 Å². The van der Waals surface area contributed by atoms with Crippen molar-refractivity contribution < 1.29 is 8.42 Å². The minimum absolute atomic E-state index is 0.198. The van der Waals surface area contributed by atoms with Crippen LogP contribution in [0.1, 0.15) is 16.7 Å². The second-order valence-electron chi connectivity index (χ2n) is 4.74. The van der Waals surface area contributed by atoms with E-state index in [4.69, 9.17) is 11.0 Å². The number of nitriles is 1. The summed E-state index contributed by atoms with van der Waals surface area (Å²) >= 11 is 0. The van der Waals surface area contributed by atoms with Crippen LogP contribution in [0.15, 0.2) is 42.5 Å². The van der Waals surface area contributed by atoms with Crippen LogP contribution in [-0.2, 0) is 15.8 Å². The molecule has 0 aliphatic rings. The summed E-state index contributed by atoms with van der Waals surface area (Å²) in [5, 5.41) is 8.82. The topological polar surface area (TPSA) is 96.0 Å². The van der Waals surface area contributed by atoms with Gasteiger partial charge in [-0.15, -0.1) is 0 Å². The van der Waals surface area contributed by atoms with Gasteiger partial charge in [-0.2, -0.15) is 5.26 Å². The maximum Gasteiger partial charge on any atom is 0.236 e. The molecule has 0 bridgehead atoms. The van der Waals surface area contributed by atoms with Crippen LogP contribution in [0, 0.1) is 18.3 Å². The number of aryl methyl sites for hydroxylation is 1. The van der Waals surface area contributed by atoms with Crippen LogP contribution in [0.3, 0.4) is 0 Å². The Morgan fingerprint density at radius 3 is 2.67 bits per heavy atom. The van der Waals surface area contributed by atoms with Crippen molar-refractivity contribution in [3.05, 3.63) is 59.2 Å². The van der Waals surface area contributed by atoms with Crippen molar-refractivity contribution in [2.75, 3.05) is 10.5 Å². The van der Waals surface area contributed by atoms with Gasteiger partial charge in [0.15, 0.2) is 0 Å². The van der Waals surface area contributed by atoms with Crippen molar-refractivity contribution in [2.45, 2.75) is 12.7 Å². The summed E-state index contributed by atoms with van der Waals surface area (Å²) < 4.78 is 26.7. The highest BCUT2D eigenvalue weighted by molar-refractivity contribution is 7.91. The zero-order chi connectivity index (χ0) is 15.5. The molecule has 0 radical (unpaired) electrons. The third-order valence-corrected chi connectivity index (χ3v) is 4.23. The molecule has 108 valence electrons. The number of sulfonamides is 1. The lowest BCUT2D eigenvalue weighted by atomic mass is 10.2. The van der Waals surface area contributed by atoms with Gasteiger partial charge in [0, 0.05) is 5.69 Å². The van der Waals surface area contributed by atoms with Crippen molar-refractivity contribution in [1.29, 1.82) is 5.26 Å². The molecule has 0 unspecified atom stereocenters. The highest BCUT2D eigenvalue weighted by Gasteiger charge is 2.12. The van der Waals surface area contributed by atoms with E-state index in [0.29, 0.717) is 22.5 Å². The van der Waals surface area contributed by atoms with Crippen molar-refractivity contribution in [1.82, 2.24) is 0 Å². The molecule has 5 nitrogen and oxygen atoms in total. The first-order chi connectivity index (χ1) is 9.89. The minimum Gasteiger partial charge on any atom is -0.398 e. The van der Waals surface area contributed by atoms with Crippen LogP contribution in [0.5, 0.6) is 0 Å². The average Bonchev–Trinajstić information content (AvgIpc) is 2.42. The molecule has 0 saturated carbocycles. The Hall–Kier alpha value is -2.52. The summed E-state index contributed by atoms with van der Waals surface area (Å²) in [5.41, 5.74) is 8.59. The summed E-state index contributed by atoms with van der Waals surface area (Å²) in [4.78, 5) is 0. The molecule has 6 heteroatoms. The van der Waals surface area contributed by atoms with Gasteiger partial charge in [0.1, 0.15) is 0 Å². The zero-order valence-electron chi connectivity index (χ0n) is 11.5. The van der Waals surface area contributed by atoms with Crippen LogP contribution < -0.4 is 10.5 Å². The number of benzene rings is 2. The van der Waals surface area contributed by atoms with E-state index in [9.17, 15) is 8.42 Å². The predicted molar refractivity (Wildman–Crippen MR) is 83.0 cm³/mol. The highest BCUT2D eigenvalue weighted by Crippen LogP contribution is 2.19. The first kappa shape index (κ1) is 14.9. The largest absolute Gasteiger partial charge is 0.398 e.